The lowest BCUT2D eigenvalue weighted by Crippen LogP contribution is -2.22. The molecular weight excluding hydrogens is 345 g/mol. The first kappa shape index (κ1) is 18.0. The molecule has 0 saturated heterocycles. The summed E-state index contributed by atoms with van der Waals surface area (Å²) in [5, 5.41) is 5.25. The molecule has 0 aromatic heterocycles. The molecule has 0 radical (unpaired) electrons. The van der Waals surface area contributed by atoms with E-state index in [9.17, 15) is 22.8 Å². The topological polar surface area (TPSA) is 58.2 Å². The van der Waals surface area contributed by atoms with E-state index in [1.165, 1.54) is 19.2 Å². The molecule has 136 valence electrons. The van der Waals surface area contributed by atoms with E-state index < -0.39 is 11.7 Å². The third kappa shape index (κ3) is 3.71. The molecule has 0 bridgehead atoms. The number of carbonyl (C=O) groups is 2. The fourth-order valence-corrected chi connectivity index (χ4v) is 2.92. The maximum atomic E-state index is 12.6. The van der Waals surface area contributed by atoms with Crippen LogP contribution in [0.1, 0.15) is 33.8 Å². The molecule has 2 aromatic rings. The average Bonchev–Trinajstić information content (AvgIpc) is 3.42. The molecule has 7 heteroatoms. The van der Waals surface area contributed by atoms with Gasteiger partial charge in [-0.15, -0.1) is 0 Å². The summed E-state index contributed by atoms with van der Waals surface area (Å²) in [6.07, 6.45) is -3.80. The Morgan fingerprint density at radius 1 is 1.04 bits per heavy atom. The van der Waals surface area contributed by atoms with Gasteiger partial charge in [-0.05, 0) is 42.2 Å². The largest absolute Gasteiger partial charge is 0.416 e. The summed E-state index contributed by atoms with van der Waals surface area (Å²) in [6, 6.07) is 11.5. The molecule has 2 aromatic carbocycles. The molecule has 2 amide bonds. The van der Waals surface area contributed by atoms with E-state index in [-0.39, 0.29) is 23.7 Å². The summed E-state index contributed by atoms with van der Waals surface area (Å²) in [5.74, 6) is -0.976. The van der Waals surface area contributed by atoms with Gasteiger partial charge in [0.05, 0.1) is 16.8 Å². The fraction of sp³-hybridized carbons (Fsp3) is 0.263. The van der Waals surface area contributed by atoms with E-state index in [2.05, 4.69) is 10.6 Å². The quantitative estimate of drug-likeness (QED) is 0.869. The van der Waals surface area contributed by atoms with Crippen LogP contribution in [0.25, 0.3) is 0 Å². The minimum atomic E-state index is -4.37. The van der Waals surface area contributed by atoms with Gasteiger partial charge in [-0.3, -0.25) is 9.59 Å². The van der Waals surface area contributed by atoms with Gasteiger partial charge in [-0.2, -0.15) is 13.2 Å². The first-order chi connectivity index (χ1) is 12.3. The van der Waals surface area contributed by atoms with E-state index in [0.717, 1.165) is 12.1 Å². The van der Waals surface area contributed by atoms with Gasteiger partial charge >= 0.3 is 6.18 Å². The predicted molar refractivity (Wildman–Crippen MR) is 90.8 cm³/mol. The van der Waals surface area contributed by atoms with Crippen molar-refractivity contribution in [2.24, 2.45) is 5.92 Å². The van der Waals surface area contributed by atoms with Crippen molar-refractivity contribution in [3.8, 4) is 0 Å². The molecule has 4 nitrogen and oxygen atoms in total. The van der Waals surface area contributed by atoms with Crippen LogP contribution in [0.4, 0.5) is 18.9 Å². The lowest BCUT2D eigenvalue weighted by Gasteiger charge is -2.10. The summed E-state index contributed by atoms with van der Waals surface area (Å²) in [6.45, 7) is 0. The molecule has 1 fully saturated rings. The highest BCUT2D eigenvalue weighted by atomic mass is 19.4. The van der Waals surface area contributed by atoms with Crippen molar-refractivity contribution in [1.82, 2.24) is 5.32 Å². The zero-order chi connectivity index (χ0) is 18.9. The van der Waals surface area contributed by atoms with E-state index in [4.69, 9.17) is 0 Å². The van der Waals surface area contributed by atoms with Gasteiger partial charge < -0.3 is 10.6 Å². The summed E-state index contributed by atoms with van der Waals surface area (Å²) in [5.41, 5.74) is 0.769. The number of carbonyl (C=O) groups excluding carboxylic acids is 2. The molecule has 2 N–H and O–H groups in total. The number of benzene rings is 2. The van der Waals surface area contributed by atoms with Crippen molar-refractivity contribution in [2.75, 3.05) is 12.4 Å². The molecular formula is C19H17F3N2O2. The molecule has 1 saturated carbocycles. The average molecular weight is 362 g/mol. The molecule has 0 aliphatic heterocycles. The Morgan fingerprint density at radius 3 is 2.31 bits per heavy atom. The molecule has 2 unspecified atom stereocenters. The second-order valence-corrected chi connectivity index (χ2v) is 6.18. The molecule has 0 heterocycles. The van der Waals surface area contributed by atoms with Crippen LogP contribution >= 0.6 is 0 Å². The molecule has 2 atom stereocenters. The lowest BCUT2D eigenvalue weighted by atomic mass is 10.1. The van der Waals surface area contributed by atoms with Gasteiger partial charge in [-0.25, -0.2) is 0 Å². The van der Waals surface area contributed by atoms with Crippen LogP contribution in [0.3, 0.4) is 0 Å². The maximum Gasteiger partial charge on any atom is 0.416 e. The molecule has 26 heavy (non-hydrogen) atoms. The minimum absolute atomic E-state index is 0.107. The van der Waals surface area contributed by atoms with Gasteiger partial charge in [0.2, 0.25) is 5.91 Å². The molecule has 1 aliphatic rings. The standard InChI is InChI=1S/C19H17F3N2O2/c1-23-17(25)13-4-2-3-5-16(13)24-18(26)15-10-14(15)11-6-8-12(9-7-11)19(20,21)22/h2-9,14-15H,10H2,1H3,(H,23,25)(H,24,26). The van der Waals surface area contributed by atoms with Crippen molar-refractivity contribution in [3.63, 3.8) is 0 Å². The third-order valence-corrected chi connectivity index (χ3v) is 4.45. The summed E-state index contributed by atoms with van der Waals surface area (Å²) < 4.78 is 37.9. The number of hydrogen-bond donors (Lipinski definition) is 2. The van der Waals surface area contributed by atoms with Crippen molar-refractivity contribution in [3.05, 3.63) is 65.2 Å². The van der Waals surface area contributed by atoms with Gasteiger partial charge in [-0.1, -0.05) is 24.3 Å². The summed E-state index contributed by atoms with van der Waals surface area (Å²) in [4.78, 5) is 24.3. The number of hydrogen-bond acceptors (Lipinski definition) is 2. The van der Waals surface area contributed by atoms with Crippen LogP contribution < -0.4 is 10.6 Å². The number of para-hydroxylation sites is 1. The van der Waals surface area contributed by atoms with Gasteiger partial charge in [0.1, 0.15) is 0 Å². The van der Waals surface area contributed by atoms with E-state index in [0.29, 0.717) is 23.2 Å². The highest BCUT2D eigenvalue weighted by Gasteiger charge is 2.44. The normalized spacial score (nSPS) is 18.9. The predicted octanol–water partition coefficient (Wildman–Crippen LogP) is 3.81. The van der Waals surface area contributed by atoms with Crippen molar-refractivity contribution < 1.29 is 22.8 Å². The third-order valence-electron chi connectivity index (χ3n) is 4.45. The van der Waals surface area contributed by atoms with Crippen molar-refractivity contribution in [1.29, 1.82) is 0 Å². The Morgan fingerprint density at radius 2 is 1.69 bits per heavy atom. The Kier molecular flexibility index (Phi) is 4.71. The van der Waals surface area contributed by atoms with Crippen LogP contribution in [-0.4, -0.2) is 18.9 Å². The van der Waals surface area contributed by atoms with Crippen LogP contribution in [0.5, 0.6) is 0 Å². The highest BCUT2D eigenvalue weighted by Crippen LogP contribution is 2.48. The monoisotopic (exact) mass is 362 g/mol. The number of nitrogens with one attached hydrogen (secondary N) is 2. The molecule has 1 aliphatic carbocycles. The first-order valence-electron chi connectivity index (χ1n) is 8.10. The smallest absolute Gasteiger partial charge is 0.355 e. The summed E-state index contributed by atoms with van der Waals surface area (Å²) >= 11 is 0. The highest BCUT2D eigenvalue weighted by molar-refractivity contribution is 6.04. The van der Waals surface area contributed by atoms with Gasteiger partial charge in [0.15, 0.2) is 0 Å². The SMILES string of the molecule is CNC(=O)c1ccccc1NC(=O)C1CC1c1ccc(C(F)(F)F)cc1. The van der Waals surface area contributed by atoms with E-state index >= 15 is 0 Å². The fourth-order valence-electron chi connectivity index (χ4n) is 2.92. The van der Waals surface area contributed by atoms with Crippen LogP contribution in [0.2, 0.25) is 0 Å². The maximum absolute atomic E-state index is 12.6. The number of amides is 2. The van der Waals surface area contributed by atoms with Crippen LogP contribution in [0, 0.1) is 5.92 Å². The minimum Gasteiger partial charge on any atom is -0.355 e. The molecule has 3 rings (SSSR count). The van der Waals surface area contributed by atoms with E-state index in [1.54, 1.807) is 24.3 Å². The number of alkyl halides is 3. The van der Waals surface area contributed by atoms with Crippen LogP contribution in [0.15, 0.2) is 48.5 Å². The second-order valence-electron chi connectivity index (χ2n) is 6.18. The van der Waals surface area contributed by atoms with E-state index in [1.807, 2.05) is 0 Å². The second kappa shape index (κ2) is 6.82. The van der Waals surface area contributed by atoms with Gasteiger partial charge in [0, 0.05) is 13.0 Å². The number of anilines is 1. The lowest BCUT2D eigenvalue weighted by molar-refractivity contribution is -0.137. The first-order valence-corrected chi connectivity index (χ1v) is 8.10. The summed E-state index contributed by atoms with van der Waals surface area (Å²) in [7, 11) is 1.50. The van der Waals surface area contributed by atoms with Crippen molar-refractivity contribution >= 4 is 17.5 Å². The Bertz CT molecular complexity index is 831. The zero-order valence-electron chi connectivity index (χ0n) is 13.9. The number of rotatable bonds is 4. The van der Waals surface area contributed by atoms with Gasteiger partial charge in [0.25, 0.3) is 5.91 Å². The van der Waals surface area contributed by atoms with Crippen molar-refractivity contribution in [2.45, 2.75) is 18.5 Å². The molecule has 0 spiro atoms. The zero-order valence-corrected chi connectivity index (χ0v) is 13.9. The number of halogens is 3. The Hall–Kier alpha value is -2.83. The Balaban J connectivity index is 1.68. The Labute approximate surface area is 148 Å². The van der Waals surface area contributed by atoms with Crippen LogP contribution in [-0.2, 0) is 11.0 Å².